The third kappa shape index (κ3) is 2.65. The van der Waals surface area contributed by atoms with Crippen LogP contribution in [0.1, 0.15) is 0 Å². The minimum absolute atomic E-state index is 0.0444. The van der Waals surface area contributed by atoms with Crippen LogP contribution < -0.4 is 10.5 Å². The molecule has 6 nitrogen and oxygen atoms in total. The zero-order valence-electron chi connectivity index (χ0n) is 8.29. The fraction of sp³-hybridized carbons (Fsp3) is 0. The van der Waals surface area contributed by atoms with Gasteiger partial charge >= 0.3 is 0 Å². The van der Waals surface area contributed by atoms with Crippen LogP contribution in [0, 0.1) is 0 Å². The summed E-state index contributed by atoms with van der Waals surface area (Å²) in [6.07, 6.45) is 0. The first-order valence-corrected chi connectivity index (χ1v) is 7.07. The lowest BCUT2D eigenvalue weighted by Crippen LogP contribution is -2.14. The van der Waals surface area contributed by atoms with Crippen LogP contribution in [0.4, 0.5) is 10.8 Å². The molecule has 1 aromatic carbocycles. The van der Waals surface area contributed by atoms with Crippen LogP contribution in [-0.4, -0.2) is 18.6 Å². The first-order chi connectivity index (χ1) is 7.99. The molecular weight excluding hydrogens is 284 g/mol. The molecule has 0 aliphatic heterocycles. The highest BCUT2D eigenvalue weighted by Crippen LogP contribution is 2.24. The quantitative estimate of drug-likeness (QED) is 0.836. The molecule has 0 spiro atoms. The molecule has 0 aliphatic rings. The van der Waals surface area contributed by atoms with E-state index in [9.17, 15) is 8.42 Å². The van der Waals surface area contributed by atoms with E-state index < -0.39 is 10.0 Å². The van der Waals surface area contributed by atoms with Crippen molar-refractivity contribution in [3.05, 3.63) is 28.7 Å². The molecule has 17 heavy (non-hydrogen) atoms. The van der Waals surface area contributed by atoms with Gasteiger partial charge in [0.15, 0.2) is 0 Å². The van der Waals surface area contributed by atoms with Crippen molar-refractivity contribution in [2.75, 3.05) is 10.5 Å². The molecule has 0 bridgehead atoms. The molecule has 1 heterocycles. The van der Waals surface area contributed by atoms with Crippen molar-refractivity contribution in [1.82, 2.24) is 10.2 Å². The summed E-state index contributed by atoms with van der Waals surface area (Å²) in [4.78, 5) is -0.0444. The number of anilines is 2. The number of nitrogen functional groups attached to an aromatic ring is 1. The lowest BCUT2D eigenvalue weighted by molar-refractivity contribution is 0.601. The number of hydrogen-bond donors (Lipinski definition) is 2. The molecule has 3 N–H and O–H groups in total. The van der Waals surface area contributed by atoms with E-state index in [4.69, 9.17) is 17.3 Å². The van der Waals surface area contributed by atoms with Gasteiger partial charge in [0.2, 0.25) is 5.13 Å². The van der Waals surface area contributed by atoms with Gasteiger partial charge in [0, 0.05) is 5.02 Å². The predicted octanol–water partition coefficient (Wildman–Crippen LogP) is 1.57. The molecule has 0 radical (unpaired) electrons. The summed E-state index contributed by atoms with van der Waals surface area (Å²) in [5.41, 5.74) is 7.10. The molecule has 0 atom stereocenters. The summed E-state index contributed by atoms with van der Waals surface area (Å²) in [6.45, 7) is 0. The number of sulfonamides is 1. The third-order valence-corrected chi connectivity index (χ3v) is 4.23. The molecule has 0 unspecified atom stereocenters. The van der Waals surface area contributed by atoms with Gasteiger partial charge < -0.3 is 5.73 Å². The molecule has 0 saturated heterocycles. The van der Waals surface area contributed by atoms with Crippen molar-refractivity contribution in [1.29, 1.82) is 0 Å². The maximum Gasteiger partial charge on any atom is 0.265 e. The van der Waals surface area contributed by atoms with Crippen molar-refractivity contribution in [2.45, 2.75) is 4.90 Å². The number of halogens is 1. The van der Waals surface area contributed by atoms with Gasteiger partial charge in [0.05, 0.1) is 5.69 Å². The van der Waals surface area contributed by atoms with Gasteiger partial charge in [-0.1, -0.05) is 22.9 Å². The SMILES string of the molecule is Nc1cc(Cl)ccc1S(=O)(=O)Nc1nncs1. The Kier molecular flexibility index (Phi) is 3.18. The number of nitrogens with one attached hydrogen (secondary N) is 1. The Morgan fingerprint density at radius 3 is 2.76 bits per heavy atom. The van der Waals surface area contributed by atoms with Crippen LogP contribution in [-0.2, 0) is 10.0 Å². The minimum atomic E-state index is -3.76. The number of nitrogens with two attached hydrogens (primary N) is 1. The molecule has 90 valence electrons. The summed E-state index contributed by atoms with van der Waals surface area (Å²) < 4.78 is 26.1. The fourth-order valence-corrected chi connectivity index (χ4v) is 3.14. The number of benzene rings is 1. The van der Waals surface area contributed by atoms with E-state index >= 15 is 0 Å². The molecule has 9 heteroatoms. The standard InChI is InChI=1S/C8H7ClN4O2S2/c9-5-1-2-7(6(10)3-5)17(14,15)13-8-12-11-4-16-8/h1-4H,10H2,(H,12,13). The van der Waals surface area contributed by atoms with Crippen LogP contribution in [0.3, 0.4) is 0 Å². The van der Waals surface area contributed by atoms with Crippen LogP contribution in [0.25, 0.3) is 0 Å². The Morgan fingerprint density at radius 2 is 2.18 bits per heavy atom. The van der Waals surface area contributed by atoms with Crippen LogP contribution >= 0.6 is 22.9 Å². The third-order valence-electron chi connectivity index (χ3n) is 1.84. The Hall–Kier alpha value is -1.38. The average Bonchev–Trinajstić information content (AvgIpc) is 2.68. The summed E-state index contributed by atoms with van der Waals surface area (Å²) in [7, 11) is -3.76. The van der Waals surface area contributed by atoms with Gasteiger partial charge in [-0.25, -0.2) is 8.42 Å². The molecule has 0 fully saturated rings. The molecule has 2 aromatic rings. The van der Waals surface area contributed by atoms with Gasteiger partial charge in [-0.15, -0.1) is 10.2 Å². The molecule has 1 aromatic heterocycles. The Morgan fingerprint density at radius 1 is 1.41 bits per heavy atom. The Labute approximate surface area is 106 Å². The lowest BCUT2D eigenvalue weighted by Gasteiger charge is -2.07. The van der Waals surface area contributed by atoms with E-state index in [-0.39, 0.29) is 15.7 Å². The Bertz CT molecular complexity index is 627. The zero-order chi connectivity index (χ0) is 12.5. The van der Waals surface area contributed by atoms with Crippen LogP contribution in [0.2, 0.25) is 5.02 Å². The van der Waals surface area contributed by atoms with E-state index in [1.807, 2.05) is 0 Å². The summed E-state index contributed by atoms with van der Waals surface area (Å²) in [5, 5.41) is 7.66. The van der Waals surface area contributed by atoms with Gasteiger partial charge in [0.1, 0.15) is 10.4 Å². The number of rotatable bonds is 3. The van der Waals surface area contributed by atoms with Crippen molar-refractivity contribution < 1.29 is 8.42 Å². The molecule has 0 amide bonds. The highest BCUT2D eigenvalue weighted by molar-refractivity contribution is 7.93. The Balaban J connectivity index is 2.38. The maximum absolute atomic E-state index is 11.9. The van der Waals surface area contributed by atoms with Gasteiger partial charge in [-0.05, 0) is 18.2 Å². The van der Waals surface area contributed by atoms with Crippen molar-refractivity contribution in [3.63, 3.8) is 0 Å². The normalized spacial score (nSPS) is 11.4. The zero-order valence-corrected chi connectivity index (χ0v) is 10.7. The first kappa shape index (κ1) is 12.1. The fourth-order valence-electron chi connectivity index (χ4n) is 1.15. The van der Waals surface area contributed by atoms with Crippen molar-refractivity contribution in [2.24, 2.45) is 0 Å². The molecule has 0 aliphatic carbocycles. The molecule has 0 saturated carbocycles. The monoisotopic (exact) mass is 290 g/mol. The summed E-state index contributed by atoms with van der Waals surface area (Å²) >= 11 is 6.77. The first-order valence-electron chi connectivity index (χ1n) is 4.33. The largest absolute Gasteiger partial charge is 0.398 e. The average molecular weight is 291 g/mol. The van der Waals surface area contributed by atoms with E-state index in [0.717, 1.165) is 11.3 Å². The highest BCUT2D eigenvalue weighted by Gasteiger charge is 2.18. The van der Waals surface area contributed by atoms with Crippen LogP contribution in [0.5, 0.6) is 0 Å². The second kappa shape index (κ2) is 4.47. The second-order valence-corrected chi connectivity index (χ2v) is 5.95. The predicted molar refractivity (Wildman–Crippen MR) is 66.6 cm³/mol. The van der Waals surface area contributed by atoms with Crippen molar-refractivity contribution in [3.8, 4) is 0 Å². The number of aromatic nitrogens is 2. The van der Waals surface area contributed by atoms with Crippen molar-refractivity contribution >= 4 is 43.8 Å². The van der Waals surface area contributed by atoms with Gasteiger partial charge in [-0.2, -0.15) is 0 Å². The maximum atomic E-state index is 11.9. The smallest absolute Gasteiger partial charge is 0.265 e. The minimum Gasteiger partial charge on any atom is -0.398 e. The lowest BCUT2D eigenvalue weighted by atomic mass is 10.3. The number of hydrogen-bond acceptors (Lipinski definition) is 6. The summed E-state index contributed by atoms with van der Waals surface area (Å²) in [5.74, 6) is 0. The van der Waals surface area contributed by atoms with E-state index in [1.165, 1.54) is 23.7 Å². The van der Waals surface area contributed by atoms with E-state index in [2.05, 4.69) is 14.9 Å². The molecular formula is C8H7ClN4O2S2. The number of nitrogens with zero attached hydrogens (tertiary/aromatic N) is 2. The second-order valence-electron chi connectivity index (χ2n) is 3.03. The van der Waals surface area contributed by atoms with E-state index in [0.29, 0.717) is 5.02 Å². The van der Waals surface area contributed by atoms with Gasteiger partial charge in [0.25, 0.3) is 10.0 Å². The molecule has 2 rings (SSSR count). The van der Waals surface area contributed by atoms with Gasteiger partial charge in [-0.3, -0.25) is 4.72 Å². The topological polar surface area (TPSA) is 98.0 Å². The van der Waals surface area contributed by atoms with Crippen LogP contribution in [0.15, 0.2) is 28.6 Å². The van der Waals surface area contributed by atoms with E-state index in [1.54, 1.807) is 0 Å². The summed E-state index contributed by atoms with van der Waals surface area (Å²) in [6, 6.07) is 4.16. The highest BCUT2D eigenvalue weighted by atomic mass is 35.5.